The summed E-state index contributed by atoms with van der Waals surface area (Å²) in [7, 11) is 4.71. The number of allylic oxidation sites excluding steroid dienone is 1. The van der Waals surface area contributed by atoms with E-state index in [1.165, 1.54) is 0 Å². The summed E-state index contributed by atoms with van der Waals surface area (Å²) in [4.78, 5) is 0. The van der Waals surface area contributed by atoms with E-state index >= 15 is 0 Å². The number of H-pyrrole nitrogens is 1. The van der Waals surface area contributed by atoms with E-state index in [9.17, 15) is 5.26 Å². The maximum atomic E-state index is 9.65. The number of fused-ring (bicyclic) bond motifs is 1. The molecule has 0 amide bonds. The quantitative estimate of drug-likeness (QED) is 0.851. The predicted octanol–water partition coefficient (Wildman–Crippen LogP) is 1.79. The summed E-state index contributed by atoms with van der Waals surface area (Å²) in [6, 6.07) is 7.54. The predicted molar refractivity (Wildman–Crippen MR) is 88.1 cm³/mol. The molecular formula is C17H18N4O4. The summed E-state index contributed by atoms with van der Waals surface area (Å²) in [5, 5.41) is 16.7. The summed E-state index contributed by atoms with van der Waals surface area (Å²) in [6.45, 7) is 0.291. The normalized spacial score (nSPS) is 16.0. The molecular weight excluding hydrogens is 324 g/mol. The molecule has 1 atom stereocenters. The van der Waals surface area contributed by atoms with Crippen LogP contribution in [0.1, 0.15) is 22.7 Å². The molecule has 2 aromatic rings. The molecule has 1 aliphatic heterocycles. The number of benzene rings is 1. The van der Waals surface area contributed by atoms with Crippen molar-refractivity contribution in [3.8, 4) is 23.4 Å². The van der Waals surface area contributed by atoms with E-state index < -0.39 is 5.92 Å². The van der Waals surface area contributed by atoms with Crippen LogP contribution in [0.5, 0.6) is 17.4 Å². The van der Waals surface area contributed by atoms with E-state index in [1.807, 2.05) is 6.07 Å². The van der Waals surface area contributed by atoms with E-state index in [-0.39, 0.29) is 11.5 Å². The Kier molecular flexibility index (Phi) is 4.50. The number of aromatic amines is 1. The number of nitrogens with two attached hydrogens (primary N) is 1. The number of nitriles is 1. The molecule has 0 fully saturated rings. The number of hydrogen-bond acceptors (Lipinski definition) is 7. The molecule has 0 bridgehead atoms. The van der Waals surface area contributed by atoms with Crippen LogP contribution < -0.4 is 19.9 Å². The van der Waals surface area contributed by atoms with Crippen LogP contribution in [0.15, 0.2) is 29.7 Å². The van der Waals surface area contributed by atoms with Gasteiger partial charge in [0, 0.05) is 18.7 Å². The molecule has 1 aliphatic rings. The molecule has 0 saturated carbocycles. The highest BCUT2D eigenvalue weighted by Crippen LogP contribution is 2.46. The fourth-order valence-electron chi connectivity index (χ4n) is 2.93. The molecule has 0 radical (unpaired) electrons. The van der Waals surface area contributed by atoms with Crippen molar-refractivity contribution in [3.05, 3.63) is 46.5 Å². The third-order valence-corrected chi connectivity index (χ3v) is 4.06. The lowest BCUT2D eigenvalue weighted by atomic mass is 9.83. The van der Waals surface area contributed by atoms with Crippen LogP contribution in [0.4, 0.5) is 0 Å². The lowest BCUT2D eigenvalue weighted by Gasteiger charge is -2.25. The van der Waals surface area contributed by atoms with Crippen LogP contribution in [-0.4, -0.2) is 31.5 Å². The Morgan fingerprint density at radius 1 is 1.32 bits per heavy atom. The zero-order valence-electron chi connectivity index (χ0n) is 14.1. The fourth-order valence-corrected chi connectivity index (χ4v) is 2.93. The molecule has 1 aromatic carbocycles. The first kappa shape index (κ1) is 16.7. The summed E-state index contributed by atoms with van der Waals surface area (Å²) in [5.74, 6) is 1.08. The first-order valence-electron chi connectivity index (χ1n) is 7.50. The average Bonchev–Trinajstić information content (AvgIpc) is 3.02. The highest BCUT2D eigenvalue weighted by molar-refractivity contribution is 5.59. The van der Waals surface area contributed by atoms with Gasteiger partial charge in [0.25, 0.3) is 0 Å². The Balaban J connectivity index is 2.23. The minimum atomic E-state index is -0.487. The molecule has 3 N–H and O–H groups in total. The highest BCUT2D eigenvalue weighted by atomic mass is 16.5. The smallest absolute Gasteiger partial charge is 0.244 e. The number of nitrogens with one attached hydrogen (secondary N) is 1. The lowest BCUT2D eigenvalue weighted by Crippen LogP contribution is -2.21. The minimum absolute atomic E-state index is 0.0216. The molecule has 3 rings (SSSR count). The number of rotatable bonds is 5. The number of nitrogens with zero attached hydrogens (tertiary/aromatic N) is 2. The van der Waals surface area contributed by atoms with E-state index in [0.29, 0.717) is 35.2 Å². The molecule has 1 aromatic heterocycles. The Bertz CT molecular complexity index is 866. The molecule has 0 saturated heterocycles. The monoisotopic (exact) mass is 342 g/mol. The van der Waals surface area contributed by atoms with Gasteiger partial charge in [0.2, 0.25) is 11.8 Å². The van der Waals surface area contributed by atoms with Gasteiger partial charge >= 0.3 is 0 Å². The molecule has 8 nitrogen and oxygen atoms in total. The lowest BCUT2D eigenvalue weighted by molar-refractivity contribution is 0.180. The largest absolute Gasteiger partial charge is 0.497 e. The van der Waals surface area contributed by atoms with Crippen LogP contribution in [-0.2, 0) is 11.3 Å². The average molecular weight is 342 g/mol. The van der Waals surface area contributed by atoms with E-state index in [2.05, 4.69) is 16.3 Å². The molecule has 0 aliphatic carbocycles. The van der Waals surface area contributed by atoms with Gasteiger partial charge in [0.1, 0.15) is 23.1 Å². The Hall–Kier alpha value is -3.18. The second-order valence-corrected chi connectivity index (χ2v) is 5.39. The Morgan fingerprint density at radius 3 is 2.76 bits per heavy atom. The topological polar surface area (TPSA) is 115 Å². The first-order valence-corrected chi connectivity index (χ1v) is 7.50. The van der Waals surface area contributed by atoms with Gasteiger partial charge in [0.05, 0.1) is 38.0 Å². The number of ether oxygens (including phenoxy) is 4. The van der Waals surface area contributed by atoms with Crippen LogP contribution in [0, 0.1) is 11.3 Å². The molecule has 130 valence electrons. The number of aromatic nitrogens is 2. The molecule has 2 heterocycles. The van der Waals surface area contributed by atoms with Crippen molar-refractivity contribution in [1.82, 2.24) is 10.2 Å². The maximum Gasteiger partial charge on any atom is 0.244 e. The van der Waals surface area contributed by atoms with Gasteiger partial charge < -0.3 is 24.7 Å². The Morgan fingerprint density at radius 2 is 2.12 bits per heavy atom. The molecule has 25 heavy (non-hydrogen) atoms. The zero-order valence-corrected chi connectivity index (χ0v) is 14.1. The van der Waals surface area contributed by atoms with E-state index in [1.54, 1.807) is 33.5 Å². The van der Waals surface area contributed by atoms with Gasteiger partial charge in [-0.05, 0) is 6.07 Å². The maximum absolute atomic E-state index is 9.65. The van der Waals surface area contributed by atoms with Gasteiger partial charge in [-0.15, -0.1) is 5.10 Å². The fraction of sp³-hybridized carbons (Fsp3) is 0.294. The van der Waals surface area contributed by atoms with Crippen molar-refractivity contribution in [2.24, 2.45) is 5.73 Å². The molecule has 0 spiro atoms. The summed E-state index contributed by atoms with van der Waals surface area (Å²) >= 11 is 0. The second-order valence-electron chi connectivity index (χ2n) is 5.39. The third kappa shape index (κ3) is 2.75. The van der Waals surface area contributed by atoms with Crippen molar-refractivity contribution in [1.29, 1.82) is 5.26 Å². The van der Waals surface area contributed by atoms with Crippen LogP contribution in [0.2, 0.25) is 0 Å². The summed E-state index contributed by atoms with van der Waals surface area (Å²) < 4.78 is 21.5. The third-order valence-electron chi connectivity index (χ3n) is 4.06. The van der Waals surface area contributed by atoms with Crippen LogP contribution >= 0.6 is 0 Å². The Labute approximate surface area is 144 Å². The van der Waals surface area contributed by atoms with Crippen molar-refractivity contribution in [2.75, 3.05) is 21.3 Å². The van der Waals surface area contributed by atoms with Gasteiger partial charge in [-0.3, -0.25) is 5.10 Å². The van der Waals surface area contributed by atoms with Crippen molar-refractivity contribution >= 4 is 0 Å². The van der Waals surface area contributed by atoms with Gasteiger partial charge in [-0.1, -0.05) is 6.07 Å². The molecule has 1 unspecified atom stereocenters. The summed E-state index contributed by atoms with van der Waals surface area (Å²) in [5.41, 5.74) is 8.40. The van der Waals surface area contributed by atoms with Crippen LogP contribution in [0.3, 0.4) is 0 Å². The standard InChI is InChI=1S/C17H18N4O4/c1-22-8-12-15-14(10-5-4-9(23-2)6-13(10)24-3)11(7-18)16(19)25-17(15)21-20-12/h4-6,14H,8,19H2,1-3H3,(H,20,21). The zero-order chi connectivity index (χ0) is 18.0. The number of hydrogen-bond donors (Lipinski definition) is 2. The first-order chi connectivity index (χ1) is 12.1. The minimum Gasteiger partial charge on any atom is -0.497 e. The molecule has 8 heteroatoms. The van der Waals surface area contributed by atoms with Crippen molar-refractivity contribution in [3.63, 3.8) is 0 Å². The van der Waals surface area contributed by atoms with Gasteiger partial charge in [-0.25, -0.2) is 0 Å². The highest BCUT2D eigenvalue weighted by Gasteiger charge is 2.36. The van der Waals surface area contributed by atoms with Crippen molar-refractivity contribution < 1.29 is 18.9 Å². The second kappa shape index (κ2) is 6.75. The number of methoxy groups -OCH3 is 3. The van der Waals surface area contributed by atoms with Crippen molar-refractivity contribution in [2.45, 2.75) is 12.5 Å². The summed E-state index contributed by atoms with van der Waals surface area (Å²) in [6.07, 6.45) is 0. The van der Waals surface area contributed by atoms with Gasteiger partial charge in [-0.2, -0.15) is 5.26 Å². The van der Waals surface area contributed by atoms with Gasteiger partial charge in [0.15, 0.2) is 0 Å². The van der Waals surface area contributed by atoms with E-state index in [4.69, 9.17) is 24.7 Å². The van der Waals surface area contributed by atoms with E-state index in [0.717, 1.165) is 5.56 Å². The van der Waals surface area contributed by atoms with Crippen LogP contribution in [0.25, 0.3) is 0 Å². The SMILES string of the molecule is COCc1[nH]nc2c1C(c1ccc(OC)cc1OC)C(C#N)=C(N)O2.